The van der Waals surface area contributed by atoms with Crippen molar-refractivity contribution >= 4 is 40.1 Å². The molecule has 18 heavy (non-hydrogen) atoms. The van der Waals surface area contributed by atoms with E-state index in [4.69, 9.17) is 16.0 Å². The monoisotopic (exact) mass is 376 g/mol. The Bertz CT molecular complexity index is 557. The van der Waals surface area contributed by atoms with Crippen LogP contribution >= 0.6 is 34.2 Å². The van der Waals surface area contributed by atoms with E-state index in [2.05, 4.69) is 10.3 Å². The van der Waals surface area contributed by atoms with Crippen molar-refractivity contribution in [2.75, 3.05) is 0 Å². The molecule has 0 saturated heterocycles. The third kappa shape index (κ3) is 2.84. The van der Waals surface area contributed by atoms with Gasteiger partial charge in [-0.15, -0.1) is 0 Å². The molecule has 0 aliphatic carbocycles. The predicted octanol–water partition coefficient (Wildman–Crippen LogP) is 3.42. The molecule has 0 aliphatic heterocycles. The topological polar surface area (TPSA) is 55.1 Å². The van der Waals surface area contributed by atoms with Gasteiger partial charge in [0.2, 0.25) is 0 Å². The lowest BCUT2D eigenvalue weighted by Gasteiger charge is -2.12. The summed E-state index contributed by atoms with van der Waals surface area (Å²) in [4.78, 5) is 16.0. The third-order valence-electron chi connectivity index (χ3n) is 2.41. The van der Waals surface area contributed by atoms with Gasteiger partial charge in [-0.3, -0.25) is 4.79 Å². The number of amides is 1. The lowest BCUT2D eigenvalue weighted by Crippen LogP contribution is -2.27. The van der Waals surface area contributed by atoms with Crippen LogP contribution in [0.15, 0.2) is 35.1 Å². The lowest BCUT2D eigenvalue weighted by atomic mass is 10.2. The Labute approximate surface area is 123 Å². The average molecular weight is 377 g/mol. The second-order valence-corrected chi connectivity index (χ2v) is 5.11. The number of hydrogen-bond donors (Lipinski definition) is 1. The summed E-state index contributed by atoms with van der Waals surface area (Å²) in [5.41, 5.74) is 0.508. The molecule has 4 nitrogen and oxygen atoms in total. The van der Waals surface area contributed by atoms with Crippen LogP contribution in [0.4, 0.5) is 0 Å². The first kappa shape index (κ1) is 13.4. The van der Waals surface area contributed by atoms with Crippen molar-refractivity contribution in [1.29, 1.82) is 0 Å². The molecule has 0 radical (unpaired) electrons. The van der Waals surface area contributed by atoms with Crippen LogP contribution in [-0.2, 0) is 0 Å². The van der Waals surface area contributed by atoms with Crippen LogP contribution in [0.1, 0.15) is 29.1 Å². The number of rotatable bonds is 3. The fourth-order valence-electron chi connectivity index (χ4n) is 1.48. The fraction of sp³-hybridized carbons (Fsp3) is 0.167. The molecular formula is C12H10ClIN2O2. The first-order chi connectivity index (χ1) is 8.59. The molecule has 2 aromatic rings. The SMILES string of the molecule is CC(NC(=O)c1ccnc(Cl)c1I)c1ccco1. The van der Waals surface area contributed by atoms with Gasteiger partial charge in [-0.05, 0) is 47.7 Å². The molecule has 2 heterocycles. The van der Waals surface area contributed by atoms with Crippen LogP contribution in [0, 0.1) is 3.57 Å². The quantitative estimate of drug-likeness (QED) is 0.660. The molecule has 0 bridgehead atoms. The van der Waals surface area contributed by atoms with Gasteiger partial charge in [-0.2, -0.15) is 0 Å². The zero-order chi connectivity index (χ0) is 13.1. The minimum atomic E-state index is -0.201. The van der Waals surface area contributed by atoms with Gasteiger partial charge in [-0.1, -0.05) is 11.6 Å². The van der Waals surface area contributed by atoms with Gasteiger partial charge in [0.05, 0.1) is 21.4 Å². The number of aromatic nitrogens is 1. The Morgan fingerprint density at radius 1 is 1.56 bits per heavy atom. The maximum atomic E-state index is 12.1. The Morgan fingerprint density at radius 3 is 3.00 bits per heavy atom. The van der Waals surface area contributed by atoms with Gasteiger partial charge in [0.15, 0.2) is 0 Å². The molecule has 1 amide bonds. The zero-order valence-electron chi connectivity index (χ0n) is 9.48. The summed E-state index contributed by atoms with van der Waals surface area (Å²) in [6, 6.07) is 5.04. The Kier molecular flexibility index (Phi) is 4.23. The van der Waals surface area contributed by atoms with E-state index in [1.807, 2.05) is 35.6 Å². The van der Waals surface area contributed by atoms with Gasteiger partial charge in [0.25, 0.3) is 5.91 Å². The molecule has 6 heteroatoms. The highest BCUT2D eigenvalue weighted by Gasteiger charge is 2.16. The van der Waals surface area contributed by atoms with Crippen molar-refractivity contribution in [1.82, 2.24) is 10.3 Å². The van der Waals surface area contributed by atoms with Gasteiger partial charge in [0, 0.05) is 6.20 Å². The third-order valence-corrected chi connectivity index (χ3v) is 4.11. The predicted molar refractivity (Wildman–Crippen MR) is 76.6 cm³/mol. The Hall–Kier alpha value is -1.08. The average Bonchev–Trinajstić information content (AvgIpc) is 2.86. The molecule has 0 fully saturated rings. The zero-order valence-corrected chi connectivity index (χ0v) is 12.4. The summed E-state index contributed by atoms with van der Waals surface area (Å²) in [5, 5.41) is 3.17. The number of carbonyl (C=O) groups excluding carboxylic acids is 1. The van der Waals surface area contributed by atoms with Crippen molar-refractivity contribution in [2.24, 2.45) is 0 Å². The number of nitrogens with zero attached hydrogens (tertiary/aromatic N) is 1. The lowest BCUT2D eigenvalue weighted by molar-refractivity contribution is 0.0934. The molecule has 1 N–H and O–H groups in total. The molecule has 1 atom stereocenters. The van der Waals surface area contributed by atoms with E-state index in [9.17, 15) is 4.79 Å². The van der Waals surface area contributed by atoms with E-state index in [1.165, 1.54) is 6.20 Å². The van der Waals surface area contributed by atoms with Crippen LogP contribution in [0.5, 0.6) is 0 Å². The van der Waals surface area contributed by atoms with Crippen LogP contribution in [0.3, 0.4) is 0 Å². The highest BCUT2D eigenvalue weighted by Crippen LogP contribution is 2.20. The summed E-state index contributed by atoms with van der Waals surface area (Å²) in [6.45, 7) is 1.85. The smallest absolute Gasteiger partial charge is 0.253 e. The first-order valence-electron chi connectivity index (χ1n) is 5.24. The molecule has 0 spiro atoms. The number of furan rings is 1. The molecular weight excluding hydrogens is 367 g/mol. The molecule has 2 rings (SSSR count). The molecule has 1 unspecified atom stereocenters. The summed E-state index contributed by atoms with van der Waals surface area (Å²) < 4.78 is 5.87. The fourth-order valence-corrected chi connectivity index (χ4v) is 2.20. The van der Waals surface area contributed by atoms with Crippen LogP contribution < -0.4 is 5.32 Å². The van der Waals surface area contributed by atoms with Gasteiger partial charge in [-0.25, -0.2) is 4.98 Å². The summed E-state index contributed by atoms with van der Waals surface area (Å²) >= 11 is 7.88. The summed E-state index contributed by atoms with van der Waals surface area (Å²) in [6.07, 6.45) is 3.09. The molecule has 0 saturated carbocycles. The number of halogens is 2. The summed E-state index contributed by atoms with van der Waals surface area (Å²) in [7, 11) is 0. The molecule has 0 aromatic carbocycles. The highest BCUT2D eigenvalue weighted by atomic mass is 127. The van der Waals surface area contributed by atoms with E-state index in [-0.39, 0.29) is 11.9 Å². The molecule has 94 valence electrons. The van der Waals surface area contributed by atoms with Gasteiger partial charge < -0.3 is 9.73 Å². The van der Waals surface area contributed by atoms with Crippen molar-refractivity contribution in [3.8, 4) is 0 Å². The number of carbonyl (C=O) groups is 1. The maximum absolute atomic E-state index is 12.1. The normalized spacial score (nSPS) is 12.2. The van der Waals surface area contributed by atoms with E-state index in [0.717, 1.165) is 0 Å². The van der Waals surface area contributed by atoms with E-state index < -0.39 is 0 Å². The van der Waals surface area contributed by atoms with Crippen LogP contribution in [0.25, 0.3) is 0 Å². The van der Waals surface area contributed by atoms with Crippen molar-refractivity contribution in [3.05, 3.63) is 50.7 Å². The number of hydrogen-bond acceptors (Lipinski definition) is 3. The maximum Gasteiger partial charge on any atom is 0.253 e. The van der Waals surface area contributed by atoms with Gasteiger partial charge in [0.1, 0.15) is 10.9 Å². The minimum absolute atomic E-state index is 0.199. The van der Waals surface area contributed by atoms with E-state index in [0.29, 0.717) is 20.0 Å². The van der Waals surface area contributed by atoms with Crippen molar-refractivity contribution in [2.45, 2.75) is 13.0 Å². The van der Waals surface area contributed by atoms with E-state index >= 15 is 0 Å². The minimum Gasteiger partial charge on any atom is -0.467 e. The van der Waals surface area contributed by atoms with Crippen molar-refractivity contribution in [3.63, 3.8) is 0 Å². The number of nitrogens with one attached hydrogen (secondary N) is 1. The second-order valence-electron chi connectivity index (χ2n) is 3.67. The summed E-state index contributed by atoms with van der Waals surface area (Å²) in [5.74, 6) is 0.506. The highest BCUT2D eigenvalue weighted by molar-refractivity contribution is 14.1. The molecule has 2 aromatic heterocycles. The Balaban J connectivity index is 2.15. The second kappa shape index (κ2) is 5.71. The van der Waals surface area contributed by atoms with Crippen LogP contribution in [0.2, 0.25) is 5.15 Å². The molecule has 0 aliphatic rings. The largest absolute Gasteiger partial charge is 0.467 e. The van der Waals surface area contributed by atoms with E-state index in [1.54, 1.807) is 18.4 Å². The Morgan fingerprint density at radius 2 is 2.33 bits per heavy atom. The first-order valence-corrected chi connectivity index (χ1v) is 6.69. The van der Waals surface area contributed by atoms with Crippen molar-refractivity contribution < 1.29 is 9.21 Å². The van der Waals surface area contributed by atoms with Crippen LogP contribution in [-0.4, -0.2) is 10.9 Å². The number of pyridine rings is 1. The van der Waals surface area contributed by atoms with Gasteiger partial charge >= 0.3 is 0 Å². The standard InChI is InChI=1S/C12H10ClIN2O2/c1-7(9-3-2-6-18-9)16-12(17)8-4-5-15-11(13)10(8)14/h2-7H,1H3,(H,16,17).